The van der Waals surface area contributed by atoms with Crippen molar-refractivity contribution >= 4 is 22.9 Å². The summed E-state index contributed by atoms with van der Waals surface area (Å²) in [5.41, 5.74) is 3.23. The van der Waals surface area contributed by atoms with Gasteiger partial charge in [-0.05, 0) is 73.0 Å². The first-order valence-electron chi connectivity index (χ1n) is 9.34. The summed E-state index contributed by atoms with van der Waals surface area (Å²) in [4.78, 5) is 19.4. The first-order chi connectivity index (χ1) is 13.2. The fourth-order valence-electron chi connectivity index (χ4n) is 3.65. The van der Waals surface area contributed by atoms with E-state index in [1.807, 2.05) is 42.0 Å². The Morgan fingerprint density at radius 1 is 1.30 bits per heavy atom. The summed E-state index contributed by atoms with van der Waals surface area (Å²) >= 11 is 1.73. The lowest BCUT2D eigenvalue weighted by atomic mass is 9.96. The van der Waals surface area contributed by atoms with Crippen LogP contribution in [-0.2, 0) is 11.3 Å². The van der Waals surface area contributed by atoms with E-state index in [1.165, 1.54) is 5.56 Å². The highest BCUT2D eigenvalue weighted by atomic mass is 32.1. The lowest BCUT2D eigenvalue weighted by Crippen LogP contribution is -2.40. The van der Waals surface area contributed by atoms with Crippen molar-refractivity contribution in [2.75, 3.05) is 18.4 Å². The third kappa shape index (κ3) is 4.28. The van der Waals surface area contributed by atoms with Gasteiger partial charge in [-0.15, -0.1) is 0 Å². The van der Waals surface area contributed by atoms with Gasteiger partial charge in [0, 0.05) is 36.9 Å². The van der Waals surface area contributed by atoms with Crippen molar-refractivity contribution in [3.05, 3.63) is 64.9 Å². The van der Waals surface area contributed by atoms with Crippen LogP contribution in [0.5, 0.6) is 0 Å². The average Bonchev–Trinajstić information content (AvgIpc) is 3.34. The number of nitrogens with zero attached hydrogens (tertiary/aromatic N) is 3. The molecule has 1 aliphatic rings. The van der Waals surface area contributed by atoms with Crippen LogP contribution >= 0.6 is 11.3 Å². The summed E-state index contributed by atoms with van der Waals surface area (Å²) in [6, 6.07) is 10.1. The van der Waals surface area contributed by atoms with Gasteiger partial charge in [-0.3, -0.25) is 9.69 Å². The number of aryl methyl sites for hydroxylation is 1. The number of carbonyl (C=O) groups is 1. The van der Waals surface area contributed by atoms with Gasteiger partial charge < -0.3 is 9.88 Å². The molecule has 1 aromatic carbocycles. The van der Waals surface area contributed by atoms with Crippen LogP contribution in [0.25, 0.3) is 5.69 Å². The van der Waals surface area contributed by atoms with Gasteiger partial charge in [0.05, 0.1) is 5.92 Å². The molecule has 4 rings (SSSR count). The average molecular weight is 381 g/mol. The molecule has 1 amide bonds. The van der Waals surface area contributed by atoms with Crippen molar-refractivity contribution in [1.82, 2.24) is 14.5 Å². The Kier molecular flexibility index (Phi) is 5.36. The number of anilines is 1. The molecule has 3 heterocycles. The molecule has 1 unspecified atom stereocenters. The standard InChI is InChI=1S/C21H24N4OS/c1-16-22-9-11-25(16)20-6-4-19(5-7-20)23-21(26)18-3-2-10-24(14-18)13-17-8-12-27-15-17/h4-9,11-12,15,18H,2-3,10,13-14H2,1H3,(H,23,26). The van der Waals surface area contributed by atoms with E-state index in [2.05, 4.69) is 32.0 Å². The predicted molar refractivity (Wildman–Crippen MR) is 109 cm³/mol. The first-order valence-corrected chi connectivity index (χ1v) is 10.3. The third-order valence-corrected chi connectivity index (χ3v) is 5.83. The van der Waals surface area contributed by atoms with Crippen LogP contribution < -0.4 is 5.32 Å². The van der Waals surface area contributed by atoms with E-state index in [1.54, 1.807) is 17.5 Å². The molecule has 140 valence electrons. The zero-order valence-corrected chi connectivity index (χ0v) is 16.3. The second-order valence-electron chi connectivity index (χ2n) is 7.09. The topological polar surface area (TPSA) is 50.2 Å². The van der Waals surface area contributed by atoms with Crippen LogP contribution in [0.1, 0.15) is 24.2 Å². The summed E-state index contributed by atoms with van der Waals surface area (Å²) < 4.78 is 2.02. The minimum atomic E-state index is 0.0490. The number of aromatic nitrogens is 2. The molecule has 27 heavy (non-hydrogen) atoms. The first kappa shape index (κ1) is 17.9. The molecule has 6 heteroatoms. The molecule has 1 saturated heterocycles. The van der Waals surface area contributed by atoms with Crippen molar-refractivity contribution in [3.8, 4) is 5.69 Å². The van der Waals surface area contributed by atoms with Crippen LogP contribution in [-0.4, -0.2) is 33.4 Å². The van der Waals surface area contributed by atoms with Crippen molar-refractivity contribution < 1.29 is 4.79 Å². The number of nitrogens with one attached hydrogen (secondary N) is 1. The summed E-state index contributed by atoms with van der Waals surface area (Å²) in [6.45, 7) is 4.80. The SMILES string of the molecule is Cc1nccn1-c1ccc(NC(=O)C2CCCN(Cc3ccsc3)C2)cc1. The number of imidazole rings is 1. The van der Waals surface area contributed by atoms with E-state index in [-0.39, 0.29) is 11.8 Å². The van der Waals surface area contributed by atoms with E-state index < -0.39 is 0 Å². The van der Waals surface area contributed by atoms with Gasteiger partial charge in [-0.1, -0.05) is 0 Å². The molecule has 1 atom stereocenters. The van der Waals surface area contributed by atoms with Crippen LogP contribution in [0.2, 0.25) is 0 Å². The minimum Gasteiger partial charge on any atom is -0.326 e. The van der Waals surface area contributed by atoms with Gasteiger partial charge in [0.25, 0.3) is 0 Å². The molecule has 3 aromatic rings. The maximum absolute atomic E-state index is 12.7. The van der Waals surface area contributed by atoms with E-state index in [0.717, 1.165) is 49.7 Å². The number of thiophene rings is 1. The maximum atomic E-state index is 12.7. The second kappa shape index (κ2) is 8.06. The smallest absolute Gasteiger partial charge is 0.228 e. The molecule has 0 aliphatic carbocycles. The molecule has 1 N–H and O–H groups in total. The van der Waals surface area contributed by atoms with Gasteiger partial charge in [-0.2, -0.15) is 11.3 Å². The molecule has 0 radical (unpaired) electrons. The molecule has 0 saturated carbocycles. The number of amides is 1. The van der Waals surface area contributed by atoms with E-state index in [9.17, 15) is 4.79 Å². The second-order valence-corrected chi connectivity index (χ2v) is 7.87. The zero-order valence-electron chi connectivity index (χ0n) is 15.5. The monoisotopic (exact) mass is 380 g/mol. The molecule has 1 aliphatic heterocycles. The van der Waals surface area contributed by atoms with E-state index >= 15 is 0 Å². The molecule has 1 fully saturated rings. The highest BCUT2D eigenvalue weighted by Gasteiger charge is 2.25. The molecular weight excluding hydrogens is 356 g/mol. The minimum absolute atomic E-state index is 0.0490. The Bertz CT molecular complexity index is 885. The van der Waals surface area contributed by atoms with Gasteiger partial charge in [-0.25, -0.2) is 4.98 Å². The largest absolute Gasteiger partial charge is 0.326 e. The summed E-state index contributed by atoms with van der Waals surface area (Å²) in [5.74, 6) is 1.12. The van der Waals surface area contributed by atoms with Crippen LogP contribution in [0.4, 0.5) is 5.69 Å². The fourth-order valence-corrected chi connectivity index (χ4v) is 4.31. The number of rotatable bonds is 5. The number of hydrogen-bond donors (Lipinski definition) is 1. The number of hydrogen-bond acceptors (Lipinski definition) is 4. The van der Waals surface area contributed by atoms with Crippen molar-refractivity contribution in [1.29, 1.82) is 0 Å². The van der Waals surface area contributed by atoms with Crippen LogP contribution in [0, 0.1) is 12.8 Å². The quantitative estimate of drug-likeness (QED) is 0.725. The number of likely N-dealkylation sites (tertiary alicyclic amines) is 1. The van der Waals surface area contributed by atoms with Gasteiger partial charge in [0.15, 0.2) is 0 Å². The normalized spacial score (nSPS) is 17.7. The van der Waals surface area contributed by atoms with Gasteiger partial charge in [0.1, 0.15) is 5.82 Å². The van der Waals surface area contributed by atoms with E-state index in [0.29, 0.717) is 0 Å². The Morgan fingerprint density at radius 3 is 2.85 bits per heavy atom. The Morgan fingerprint density at radius 2 is 2.15 bits per heavy atom. The van der Waals surface area contributed by atoms with Crippen molar-refractivity contribution in [3.63, 3.8) is 0 Å². The van der Waals surface area contributed by atoms with Gasteiger partial charge >= 0.3 is 0 Å². The molecular formula is C21H24N4OS. The van der Waals surface area contributed by atoms with Crippen molar-refractivity contribution in [2.24, 2.45) is 5.92 Å². The molecule has 5 nitrogen and oxygen atoms in total. The number of benzene rings is 1. The summed E-state index contributed by atoms with van der Waals surface area (Å²) in [7, 11) is 0. The number of carbonyl (C=O) groups excluding carboxylic acids is 1. The van der Waals surface area contributed by atoms with Gasteiger partial charge in [0.2, 0.25) is 5.91 Å². The Labute approximate surface area is 163 Å². The lowest BCUT2D eigenvalue weighted by molar-refractivity contribution is -0.121. The van der Waals surface area contributed by atoms with Crippen molar-refractivity contribution in [2.45, 2.75) is 26.3 Å². The summed E-state index contributed by atoms with van der Waals surface area (Å²) in [6.07, 6.45) is 5.75. The molecule has 0 bridgehead atoms. The highest BCUT2D eigenvalue weighted by Crippen LogP contribution is 2.22. The third-order valence-electron chi connectivity index (χ3n) is 5.10. The Balaban J connectivity index is 1.36. The van der Waals surface area contributed by atoms with Crippen LogP contribution in [0.3, 0.4) is 0 Å². The van der Waals surface area contributed by atoms with E-state index in [4.69, 9.17) is 0 Å². The molecule has 0 spiro atoms. The Hall–Kier alpha value is -2.44. The molecule has 2 aromatic heterocycles. The number of piperidine rings is 1. The predicted octanol–water partition coefficient (Wildman–Crippen LogP) is 4.09. The fraction of sp³-hybridized carbons (Fsp3) is 0.333. The lowest BCUT2D eigenvalue weighted by Gasteiger charge is -2.31. The van der Waals surface area contributed by atoms with Crippen LogP contribution in [0.15, 0.2) is 53.5 Å². The maximum Gasteiger partial charge on any atom is 0.228 e. The zero-order chi connectivity index (χ0) is 18.6. The highest BCUT2D eigenvalue weighted by molar-refractivity contribution is 7.07. The summed E-state index contributed by atoms with van der Waals surface area (Å²) in [5, 5.41) is 7.39.